The minimum atomic E-state index is -0.198. The first kappa shape index (κ1) is 11.6. The summed E-state index contributed by atoms with van der Waals surface area (Å²) in [5.74, 6) is 0.865. The van der Waals surface area contributed by atoms with Crippen LogP contribution in [0.4, 0.5) is 0 Å². The molecule has 0 aliphatic carbocycles. The summed E-state index contributed by atoms with van der Waals surface area (Å²) in [4.78, 5) is 22.3. The van der Waals surface area contributed by atoms with Gasteiger partial charge in [0.2, 0.25) is 0 Å². The third kappa shape index (κ3) is 3.31. The van der Waals surface area contributed by atoms with Gasteiger partial charge in [-0.1, -0.05) is 11.8 Å². The molecular formula is C9H12N6OS. The van der Waals surface area contributed by atoms with Crippen molar-refractivity contribution >= 4 is 17.7 Å². The maximum atomic E-state index is 11.6. The van der Waals surface area contributed by atoms with Gasteiger partial charge in [0.05, 0.1) is 0 Å². The van der Waals surface area contributed by atoms with Crippen molar-refractivity contribution in [2.45, 2.75) is 12.1 Å². The summed E-state index contributed by atoms with van der Waals surface area (Å²) in [6.45, 7) is 2.40. The van der Waals surface area contributed by atoms with Gasteiger partial charge in [-0.25, -0.2) is 9.97 Å². The molecule has 1 amide bonds. The maximum absolute atomic E-state index is 11.6. The van der Waals surface area contributed by atoms with Crippen molar-refractivity contribution in [2.75, 3.05) is 12.3 Å². The number of rotatable bonds is 5. The second kappa shape index (κ2) is 5.48. The number of aromatic nitrogens is 5. The molecular weight excluding hydrogens is 240 g/mol. The van der Waals surface area contributed by atoms with Gasteiger partial charge < -0.3 is 10.3 Å². The summed E-state index contributed by atoms with van der Waals surface area (Å²) in [7, 11) is 0. The summed E-state index contributed by atoms with van der Waals surface area (Å²) in [6.07, 6.45) is 3.07. The predicted molar refractivity (Wildman–Crippen MR) is 62.8 cm³/mol. The third-order valence-electron chi connectivity index (χ3n) is 1.94. The van der Waals surface area contributed by atoms with E-state index < -0.39 is 0 Å². The van der Waals surface area contributed by atoms with Gasteiger partial charge in [-0.2, -0.15) is 5.10 Å². The Morgan fingerprint density at radius 3 is 3.06 bits per heavy atom. The molecule has 2 aromatic heterocycles. The molecule has 90 valence electrons. The molecule has 2 aromatic rings. The highest BCUT2D eigenvalue weighted by Crippen LogP contribution is 2.08. The standard InChI is InChI=1S/C9H12N6OS/c1-6-4-11-7(14-6)8(16)10-2-3-17-9-12-5-13-15-9/h4-5H,2-3H2,1H3,(H,10,16)(H,11,14)(H,12,13,15). The molecule has 0 bridgehead atoms. The molecule has 0 saturated carbocycles. The summed E-state index contributed by atoms with van der Waals surface area (Å²) >= 11 is 1.49. The number of hydrogen-bond donors (Lipinski definition) is 3. The Morgan fingerprint density at radius 1 is 1.53 bits per heavy atom. The molecule has 2 heterocycles. The predicted octanol–water partition coefficient (Wildman–Crippen LogP) is 0.358. The van der Waals surface area contributed by atoms with Crippen molar-refractivity contribution in [3.05, 3.63) is 24.0 Å². The molecule has 0 radical (unpaired) electrons. The number of carbonyl (C=O) groups excluding carboxylic acids is 1. The Labute approximate surface area is 102 Å². The molecule has 0 saturated heterocycles. The lowest BCUT2D eigenvalue weighted by Gasteiger charge is -2.01. The Bertz CT molecular complexity index is 479. The number of H-pyrrole nitrogens is 2. The van der Waals surface area contributed by atoms with Crippen LogP contribution in [-0.2, 0) is 0 Å². The molecule has 0 spiro atoms. The van der Waals surface area contributed by atoms with Crippen molar-refractivity contribution in [3.63, 3.8) is 0 Å². The highest BCUT2D eigenvalue weighted by atomic mass is 32.2. The van der Waals surface area contributed by atoms with Gasteiger partial charge in [-0.3, -0.25) is 9.89 Å². The number of thioether (sulfide) groups is 1. The zero-order chi connectivity index (χ0) is 12.1. The van der Waals surface area contributed by atoms with Gasteiger partial charge in [-0.05, 0) is 6.92 Å². The lowest BCUT2D eigenvalue weighted by Crippen LogP contribution is -2.26. The van der Waals surface area contributed by atoms with Crippen molar-refractivity contribution < 1.29 is 4.79 Å². The molecule has 3 N–H and O–H groups in total. The number of nitrogens with zero attached hydrogens (tertiary/aromatic N) is 3. The second-order valence-electron chi connectivity index (χ2n) is 3.31. The monoisotopic (exact) mass is 252 g/mol. The summed E-state index contributed by atoms with van der Waals surface area (Å²) in [6, 6.07) is 0. The first-order chi connectivity index (χ1) is 8.25. The molecule has 0 atom stereocenters. The highest BCUT2D eigenvalue weighted by molar-refractivity contribution is 7.99. The molecule has 2 rings (SSSR count). The van der Waals surface area contributed by atoms with E-state index in [1.807, 2.05) is 6.92 Å². The number of aryl methyl sites for hydroxylation is 1. The molecule has 0 fully saturated rings. The molecule has 8 heteroatoms. The van der Waals surface area contributed by atoms with E-state index in [1.54, 1.807) is 6.20 Å². The normalized spacial score (nSPS) is 10.4. The lowest BCUT2D eigenvalue weighted by atomic mass is 10.5. The van der Waals surface area contributed by atoms with E-state index in [0.29, 0.717) is 12.4 Å². The number of aromatic amines is 2. The average Bonchev–Trinajstić information content (AvgIpc) is 2.95. The lowest BCUT2D eigenvalue weighted by molar-refractivity contribution is 0.0946. The fraction of sp³-hybridized carbons (Fsp3) is 0.333. The van der Waals surface area contributed by atoms with Crippen LogP contribution in [0.5, 0.6) is 0 Å². The number of amides is 1. The summed E-state index contributed by atoms with van der Waals surface area (Å²) in [5, 5.41) is 9.96. The molecule has 0 unspecified atom stereocenters. The minimum absolute atomic E-state index is 0.198. The Morgan fingerprint density at radius 2 is 2.41 bits per heavy atom. The number of imidazole rings is 1. The van der Waals surface area contributed by atoms with E-state index >= 15 is 0 Å². The average molecular weight is 252 g/mol. The SMILES string of the molecule is Cc1cnc(C(=O)NCCSc2ncn[nH]2)[nH]1. The molecule has 0 aromatic carbocycles. The fourth-order valence-corrected chi connectivity index (χ4v) is 1.82. The van der Waals surface area contributed by atoms with Gasteiger partial charge in [0.25, 0.3) is 5.91 Å². The van der Waals surface area contributed by atoms with Crippen LogP contribution in [0.1, 0.15) is 16.3 Å². The molecule has 7 nitrogen and oxygen atoms in total. The van der Waals surface area contributed by atoms with Gasteiger partial charge in [0.1, 0.15) is 6.33 Å². The minimum Gasteiger partial charge on any atom is -0.349 e. The molecule has 0 aliphatic rings. The number of nitrogens with one attached hydrogen (secondary N) is 3. The smallest absolute Gasteiger partial charge is 0.287 e. The Balaban J connectivity index is 1.70. The van der Waals surface area contributed by atoms with Crippen LogP contribution in [0, 0.1) is 6.92 Å². The van der Waals surface area contributed by atoms with E-state index in [4.69, 9.17) is 0 Å². The Hall–Kier alpha value is -1.83. The quantitative estimate of drug-likeness (QED) is 0.527. The van der Waals surface area contributed by atoms with Crippen LogP contribution in [0.3, 0.4) is 0 Å². The zero-order valence-corrected chi connectivity index (χ0v) is 10.0. The zero-order valence-electron chi connectivity index (χ0n) is 9.23. The van der Waals surface area contributed by atoms with Crippen molar-refractivity contribution in [1.29, 1.82) is 0 Å². The first-order valence-electron chi connectivity index (χ1n) is 5.03. The van der Waals surface area contributed by atoms with Crippen LogP contribution in [0.2, 0.25) is 0 Å². The fourth-order valence-electron chi connectivity index (χ4n) is 1.19. The topological polar surface area (TPSA) is 99.3 Å². The van der Waals surface area contributed by atoms with Crippen molar-refractivity contribution in [2.24, 2.45) is 0 Å². The molecule has 17 heavy (non-hydrogen) atoms. The van der Waals surface area contributed by atoms with Crippen molar-refractivity contribution in [3.8, 4) is 0 Å². The number of carbonyl (C=O) groups is 1. The largest absolute Gasteiger partial charge is 0.349 e. The van der Waals surface area contributed by atoms with Crippen LogP contribution >= 0.6 is 11.8 Å². The summed E-state index contributed by atoms with van der Waals surface area (Å²) < 4.78 is 0. The van der Waals surface area contributed by atoms with Crippen LogP contribution in [0.15, 0.2) is 17.7 Å². The second-order valence-corrected chi connectivity index (χ2v) is 4.39. The van der Waals surface area contributed by atoms with E-state index in [2.05, 4.69) is 30.5 Å². The third-order valence-corrected chi connectivity index (χ3v) is 2.82. The van der Waals surface area contributed by atoms with Crippen molar-refractivity contribution in [1.82, 2.24) is 30.5 Å². The van der Waals surface area contributed by atoms with E-state index in [0.717, 1.165) is 16.6 Å². The highest BCUT2D eigenvalue weighted by Gasteiger charge is 2.07. The van der Waals surface area contributed by atoms with E-state index in [1.165, 1.54) is 18.1 Å². The summed E-state index contributed by atoms with van der Waals surface area (Å²) in [5.41, 5.74) is 0.867. The van der Waals surface area contributed by atoms with Crippen LogP contribution in [-0.4, -0.2) is 43.4 Å². The van der Waals surface area contributed by atoms with Crippen LogP contribution in [0.25, 0.3) is 0 Å². The van der Waals surface area contributed by atoms with Gasteiger partial charge in [0, 0.05) is 24.2 Å². The van der Waals surface area contributed by atoms with E-state index in [9.17, 15) is 4.79 Å². The Kier molecular flexibility index (Phi) is 3.76. The van der Waals surface area contributed by atoms with Gasteiger partial charge in [0.15, 0.2) is 11.0 Å². The maximum Gasteiger partial charge on any atom is 0.287 e. The van der Waals surface area contributed by atoms with E-state index in [-0.39, 0.29) is 5.91 Å². The molecule has 0 aliphatic heterocycles. The van der Waals surface area contributed by atoms with Crippen LogP contribution < -0.4 is 5.32 Å². The van der Waals surface area contributed by atoms with Gasteiger partial charge >= 0.3 is 0 Å². The first-order valence-corrected chi connectivity index (χ1v) is 6.02. The number of hydrogen-bond acceptors (Lipinski definition) is 5. The van der Waals surface area contributed by atoms with Gasteiger partial charge in [-0.15, -0.1) is 0 Å².